The van der Waals surface area contributed by atoms with Crippen LogP contribution in [0.15, 0.2) is 0 Å². The lowest BCUT2D eigenvalue weighted by Gasteiger charge is -2.24. The van der Waals surface area contributed by atoms with Gasteiger partial charge in [0.25, 0.3) is 0 Å². The molecule has 3 nitrogen and oxygen atoms in total. The first kappa shape index (κ1) is 9.99. The second kappa shape index (κ2) is 3.75. The van der Waals surface area contributed by atoms with Gasteiger partial charge in [0.2, 0.25) is 0 Å². The van der Waals surface area contributed by atoms with Crippen molar-refractivity contribution in [3.05, 3.63) is 0 Å². The monoisotopic (exact) mass is 191 g/mol. The van der Waals surface area contributed by atoms with Crippen LogP contribution in [-0.2, 0) is 9.84 Å². The minimum absolute atomic E-state index is 0.184. The fraction of sp³-hybridized carbons (Fsp3) is 1.00. The fourth-order valence-electron chi connectivity index (χ4n) is 1.63. The van der Waals surface area contributed by atoms with Crippen molar-refractivity contribution in [1.29, 1.82) is 0 Å². The van der Waals surface area contributed by atoms with Crippen molar-refractivity contribution in [2.45, 2.75) is 38.8 Å². The maximum absolute atomic E-state index is 11.2. The molecule has 1 fully saturated rings. The largest absolute Gasteiger partial charge is 0.311 e. The van der Waals surface area contributed by atoms with E-state index in [0.29, 0.717) is 17.5 Å². The second-order valence-corrected chi connectivity index (χ2v) is 6.00. The van der Waals surface area contributed by atoms with Gasteiger partial charge in [0, 0.05) is 12.1 Å². The quantitative estimate of drug-likeness (QED) is 0.694. The maximum Gasteiger partial charge on any atom is 0.151 e. The van der Waals surface area contributed by atoms with Crippen molar-refractivity contribution in [3.8, 4) is 0 Å². The third kappa shape index (κ3) is 3.11. The van der Waals surface area contributed by atoms with Crippen LogP contribution in [0, 0.1) is 0 Å². The number of rotatable bonds is 2. The molecule has 0 radical (unpaired) electrons. The number of hydrogen-bond donors (Lipinski definition) is 1. The predicted octanol–water partition coefficient (Wildman–Crippen LogP) is 0.562. The summed E-state index contributed by atoms with van der Waals surface area (Å²) in [5.74, 6) is 0.703. The molecule has 72 valence electrons. The van der Waals surface area contributed by atoms with Crippen LogP contribution >= 0.6 is 0 Å². The van der Waals surface area contributed by atoms with E-state index in [9.17, 15) is 8.42 Å². The highest BCUT2D eigenvalue weighted by Gasteiger charge is 2.24. The molecule has 12 heavy (non-hydrogen) atoms. The molecule has 1 N–H and O–H groups in total. The standard InChI is InChI=1S/C8H17NO2S/c1-7(2)9-8-4-3-5-12(10,11)6-8/h7-9H,3-6H2,1-2H3/t8-/m0/s1. The maximum atomic E-state index is 11.2. The van der Waals surface area contributed by atoms with Gasteiger partial charge < -0.3 is 5.32 Å². The van der Waals surface area contributed by atoms with E-state index in [1.54, 1.807) is 0 Å². The van der Waals surface area contributed by atoms with Crippen LogP contribution in [0.25, 0.3) is 0 Å². The summed E-state index contributed by atoms with van der Waals surface area (Å²) in [4.78, 5) is 0. The van der Waals surface area contributed by atoms with Crippen LogP contribution < -0.4 is 5.32 Å². The first-order valence-corrected chi connectivity index (χ1v) is 6.28. The van der Waals surface area contributed by atoms with E-state index in [1.807, 2.05) is 13.8 Å². The SMILES string of the molecule is CC(C)N[C@H]1CCCS(=O)(=O)C1. The molecule has 0 amide bonds. The Morgan fingerprint density at radius 3 is 2.58 bits per heavy atom. The van der Waals surface area contributed by atoms with Crippen LogP contribution in [0.4, 0.5) is 0 Å². The summed E-state index contributed by atoms with van der Waals surface area (Å²) in [7, 11) is -2.74. The molecule has 0 aromatic heterocycles. The summed E-state index contributed by atoms with van der Waals surface area (Å²) >= 11 is 0. The molecule has 0 saturated carbocycles. The molecule has 1 heterocycles. The molecule has 4 heteroatoms. The Kier molecular flexibility index (Phi) is 3.12. The van der Waals surface area contributed by atoms with Gasteiger partial charge in [-0.1, -0.05) is 13.8 Å². The van der Waals surface area contributed by atoms with Gasteiger partial charge in [-0.05, 0) is 12.8 Å². The van der Waals surface area contributed by atoms with Crippen LogP contribution in [-0.4, -0.2) is 32.0 Å². The van der Waals surface area contributed by atoms with Gasteiger partial charge in [-0.2, -0.15) is 0 Å². The van der Waals surface area contributed by atoms with Crippen molar-refractivity contribution < 1.29 is 8.42 Å². The second-order valence-electron chi connectivity index (χ2n) is 3.77. The van der Waals surface area contributed by atoms with E-state index >= 15 is 0 Å². The Hall–Kier alpha value is -0.0900. The molecule has 1 atom stereocenters. The van der Waals surface area contributed by atoms with Crippen LogP contribution in [0.5, 0.6) is 0 Å². The minimum Gasteiger partial charge on any atom is -0.311 e. The number of nitrogens with one attached hydrogen (secondary N) is 1. The highest BCUT2D eigenvalue weighted by Crippen LogP contribution is 2.12. The van der Waals surface area contributed by atoms with E-state index in [4.69, 9.17) is 0 Å². The zero-order valence-electron chi connectivity index (χ0n) is 7.71. The highest BCUT2D eigenvalue weighted by molar-refractivity contribution is 7.91. The Morgan fingerprint density at radius 2 is 2.08 bits per heavy atom. The first-order valence-electron chi connectivity index (χ1n) is 4.46. The van der Waals surface area contributed by atoms with Gasteiger partial charge in [0.05, 0.1) is 11.5 Å². The Balaban J connectivity index is 2.47. The summed E-state index contributed by atoms with van der Waals surface area (Å²) in [6, 6.07) is 0.562. The molecule has 1 saturated heterocycles. The molecular formula is C8H17NO2S. The molecule has 0 aromatic carbocycles. The van der Waals surface area contributed by atoms with Gasteiger partial charge >= 0.3 is 0 Å². The molecule has 0 aromatic rings. The predicted molar refractivity (Wildman–Crippen MR) is 49.9 cm³/mol. The summed E-state index contributed by atoms with van der Waals surface area (Å²) < 4.78 is 22.4. The van der Waals surface area contributed by atoms with Gasteiger partial charge in [-0.3, -0.25) is 0 Å². The Bertz CT molecular complexity index is 233. The average molecular weight is 191 g/mol. The lowest BCUT2D eigenvalue weighted by Crippen LogP contribution is -2.43. The normalized spacial score (nSPS) is 29.1. The van der Waals surface area contributed by atoms with Crippen molar-refractivity contribution in [3.63, 3.8) is 0 Å². The van der Waals surface area contributed by atoms with E-state index < -0.39 is 9.84 Å². The van der Waals surface area contributed by atoms with Crippen molar-refractivity contribution in [1.82, 2.24) is 5.32 Å². The zero-order valence-corrected chi connectivity index (χ0v) is 8.52. The number of sulfone groups is 1. The average Bonchev–Trinajstić information content (AvgIpc) is 1.82. The topological polar surface area (TPSA) is 46.2 Å². The lowest BCUT2D eigenvalue weighted by molar-refractivity contribution is 0.445. The molecular weight excluding hydrogens is 174 g/mol. The van der Waals surface area contributed by atoms with Crippen LogP contribution in [0.1, 0.15) is 26.7 Å². The summed E-state index contributed by atoms with van der Waals surface area (Å²) in [6.45, 7) is 4.09. The van der Waals surface area contributed by atoms with Crippen molar-refractivity contribution in [2.75, 3.05) is 11.5 Å². The van der Waals surface area contributed by atoms with Gasteiger partial charge in [0.1, 0.15) is 0 Å². The van der Waals surface area contributed by atoms with E-state index in [2.05, 4.69) is 5.32 Å². The molecule has 0 bridgehead atoms. The van der Waals surface area contributed by atoms with E-state index in [1.165, 1.54) is 0 Å². The van der Waals surface area contributed by atoms with Gasteiger partial charge in [-0.25, -0.2) is 8.42 Å². The Morgan fingerprint density at radius 1 is 1.42 bits per heavy atom. The van der Waals surface area contributed by atoms with Crippen molar-refractivity contribution >= 4 is 9.84 Å². The Labute approximate surface area is 74.5 Å². The third-order valence-electron chi connectivity index (χ3n) is 2.03. The number of hydrogen-bond acceptors (Lipinski definition) is 3. The van der Waals surface area contributed by atoms with Gasteiger partial charge in [-0.15, -0.1) is 0 Å². The molecule has 1 aliphatic rings. The summed E-state index contributed by atoms with van der Waals surface area (Å²) in [6.07, 6.45) is 1.81. The molecule has 1 rings (SSSR count). The summed E-state index contributed by atoms with van der Waals surface area (Å²) in [5.41, 5.74) is 0. The molecule has 0 spiro atoms. The zero-order chi connectivity index (χ0) is 9.19. The van der Waals surface area contributed by atoms with E-state index in [-0.39, 0.29) is 6.04 Å². The van der Waals surface area contributed by atoms with Crippen LogP contribution in [0.2, 0.25) is 0 Å². The molecule has 0 unspecified atom stereocenters. The van der Waals surface area contributed by atoms with Gasteiger partial charge in [0.15, 0.2) is 9.84 Å². The first-order chi connectivity index (χ1) is 5.49. The molecule has 0 aliphatic carbocycles. The smallest absolute Gasteiger partial charge is 0.151 e. The third-order valence-corrected chi connectivity index (χ3v) is 3.85. The highest BCUT2D eigenvalue weighted by atomic mass is 32.2. The fourth-order valence-corrected chi connectivity index (χ4v) is 3.27. The molecule has 1 aliphatic heterocycles. The lowest BCUT2D eigenvalue weighted by atomic mass is 10.1. The summed E-state index contributed by atoms with van der Waals surface area (Å²) in [5, 5.41) is 3.26. The van der Waals surface area contributed by atoms with Crippen molar-refractivity contribution in [2.24, 2.45) is 0 Å². The van der Waals surface area contributed by atoms with E-state index in [0.717, 1.165) is 12.8 Å². The minimum atomic E-state index is -2.74. The van der Waals surface area contributed by atoms with Crippen LogP contribution in [0.3, 0.4) is 0 Å².